The molecule has 1 aromatic rings. The van der Waals surface area contributed by atoms with Crippen LogP contribution in [0, 0.1) is 0 Å². The van der Waals surface area contributed by atoms with Gasteiger partial charge in [0.1, 0.15) is 0 Å². The molecule has 0 aliphatic heterocycles. The molecule has 0 N–H and O–H groups in total. The van der Waals surface area contributed by atoms with Gasteiger partial charge in [-0.1, -0.05) is 23.8 Å². The van der Waals surface area contributed by atoms with E-state index in [1.807, 2.05) is 18.0 Å². The lowest BCUT2D eigenvalue weighted by Gasteiger charge is -2.18. The first kappa shape index (κ1) is 14.0. The van der Waals surface area contributed by atoms with Gasteiger partial charge in [-0.2, -0.15) is 11.8 Å². The maximum atomic E-state index is 5.82. The molecule has 0 unspecified atom stereocenters. The fourth-order valence-electron chi connectivity index (χ4n) is 1.29. The summed E-state index contributed by atoms with van der Waals surface area (Å²) in [6.07, 6.45) is 8.28. The van der Waals surface area contributed by atoms with Gasteiger partial charge < -0.3 is 0 Å². The van der Waals surface area contributed by atoms with Crippen molar-refractivity contribution < 1.29 is 0 Å². The molecule has 0 bridgehead atoms. The van der Waals surface area contributed by atoms with Gasteiger partial charge in [0, 0.05) is 36.5 Å². The molecule has 0 amide bonds. The summed E-state index contributed by atoms with van der Waals surface area (Å²) < 4.78 is 0.630. The smallest absolute Gasteiger partial charge is 0.183 e. The van der Waals surface area contributed by atoms with E-state index >= 15 is 0 Å². The number of thiazole rings is 1. The highest BCUT2D eigenvalue weighted by Crippen LogP contribution is 2.19. The van der Waals surface area contributed by atoms with Crippen molar-refractivity contribution >= 4 is 34.7 Å². The van der Waals surface area contributed by atoms with E-state index in [9.17, 15) is 0 Å². The Kier molecular flexibility index (Phi) is 7.12. The summed E-state index contributed by atoms with van der Waals surface area (Å²) in [4.78, 5) is 7.70. The molecule has 16 heavy (non-hydrogen) atoms. The van der Waals surface area contributed by atoms with Gasteiger partial charge in [-0.25, -0.2) is 4.98 Å². The lowest BCUT2D eigenvalue weighted by molar-refractivity contribution is 0.316. The SMILES string of the molecule is C/C=C\CN(CCSC)Cc1cnc(Cl)s1. The molecule has 0 aliphatic carbocycles. The second-order valence-corrected chi connectivity index (χ2v) is 6.06. The predicted octanol–water partition coefficient (Wildman–Crippen LogP) is 3.54. The van der Waals surface area contributed by atoms with Crippen LogP contribution >= 0.6 is 34.7 Å². The van der Waals surface area contributed by atoms with Gasteiger partial charge in [0.05, 0.1) is 0 Å². The first-order chi connectivity index (χ1) is 7.76. The van der Waals surface area contributed by atoms with E-state index in [2.05, 4.69) is 35.2 Å². The number of aromatic nitrogens is 1. The Balaban J connectivity index is 2.48. The van der Waals surface area contributed by atoms with Crippen molar-refractivity contribution in [3.63, 3.8) is 0 Å². The maximum Gasteiger partial charge on any atom is 0.183 e. The largest absolute Gasteiger partial charge is 0.294 e. The minimum atomic E-state index is 0.630. The number of hydrogen-bond donors (Lipinski definition) is 0. The van der Waals surface area contributed by atoms with Crippen LogP contribution in [0.15, 0.2) is 18.3 Å². The fraction of sp³-hybridized carbons (Fsp3) is 0.545. The average molecular weight is 277 g/mol. The molecule has 0 aromatic carbocycles. The molecule has 1 heterocycles. The summed E-state index contributed by atoms with van der Waals surface area (Å²) in [5, 5.41) is 0. The van der Waals surface area contributed by atoms with Gasteiger partial charge in [0.25, 0.3) is 0 Å². The van der Waals surface area contributed by atoms with Crippen LogP contribution in [0.25, 0.3) is 0 Å². The molecule has 0 spiro atoms. The molecule has 0 saturated carbocycles. The highest BCUT2D eigenvalue weighted by molar-refractivity contribution is 7.98. The van der Waals surface area contributed by atoms with Crippen molar-refractivity contribution in [2.24, 2.45) is 0 Å². The summed E-state index contributed by atoms with van der Waals surface area (Å²) >= 11 is 9.26. The quantitative estimate of drug-likeness (QED) is 0.709. The Morgan fingerprint density at radius 3 is 3.00 bits per heavy atom. The molecule has 0 saturated heterocycles. The van der Waals surface area contributed by atoms with Crippen molar-refractivity contribution in [2.75, 3.05) is 25.1 Å². The van der Waals surface area contributed by atoms with Crippen LogP contribution in [0.2, 0.25) is 4.47 Å². The molecule has 2 nitrogen and oxygen atoms in total. The molecule has 90 valence electrons. The molecule has 0 radical (unpaired) electrons. The van der Waals surface area contributed by atoms with E-state index in [1.165, 1.54) is 4.88 Å². The summed E-state index contributed by atoms with van der Waals surface area (Å²) in [5.41, 5.74) is 0. The van der Waals surface area contributed by atoms with Gasteiger partial charge in [0.2, 0.25) is 0 Å². The predicted molar refractivity (Wildman–Crippen MR) is 75.6 cm³/mol. The van der Waals surface area contributed by atoms with Gasteiger partial charge in [0.15, 0.2) is 4.47 Å². The van der Waals surface area contributed by atoms with Crippen LogP contribution in [0.3, 0.4) is 0 Å². The van der Waals surface area contributed by atoms with Crippen molar-refractivity contribution in [2.45, 2.75) is 13.5 Å². The zero-order valence-corrected chi connectivity index (χ0v) is 12.0. The van der Waals surface area contributed by atoms with Crippen molar-refractivity contribution in [3.8, 4) is 0 Å². The van der Waals surface area contributed by atoms with Crippen LogP contribution in [0.1, 0.15) is 11.8 Å². The average Bonchev–Trinajstić information content (AvgIpc) is 2.68. The number of allylic oxidation sites excluding steroid dienone is 1. The normalized spacial score (nSPS) is 11.8. The molecule has 0 fully saturated rings. The van der Waals surface area contributed by atoms with E-state index in [1.54, 1.807) is 11.3 Å². The zero-order valence-electron chi connectivity index (χ0n) is 9.65. The molecule has 0 atom stereocenters. The Bertz CT molecular complexity index is 326. The van der Waals surface area contributed by atoms with Gasteiger partial charge in [-0.3, -0.25) is 4.90 Å². The third kappa shape index (κ3) is 5.34. The Hall–Kier alpha value is -0.0300. The van der Waals surface area contributed by atoms with Crippen LogP contribution in [-0.2, 0) is 6.54 Å². The number of thioether (sulfide) groups is 1. The number of halogens is 1. The van der Waals surface area contributed by atoms with E-state index in [-0.39, 0.29) is 0 Å². The molecule has 1 aromatic heterocycles. The van der Waals surface area contributed by atoms with Crippen LogP contribution < -0.4 is 0 Å². The second-order valence-electron chi connectivity index (χ2n) is 3.38. The summed E-state index contributed by atoms with van der Waals surface area (Å²) in [5.74, 6) is 1.16. The van der Waals surface area contributed by atoms with E-state index in [0.717, 1.165) is 25.4 Å². The summed E-state index contributed by atoms with van der Waals surface area (Å²) in [6.45, 7) is 5.08. The zero-order chi connectivity index (χ0) is 11.8. The van der Waals surface area contributed by atoms with Crippen LogP contribution in [0.4, 0.5) is 0 Å². The van der Waals surface area contributed by atoms with Gasteiger partial charge >= 0.3 is 0 Å². The molecule has 0 aliphatic rings. The second kappa shape index (κ2) is 8.12. The monoisotopic (exact) mass is 276 g/mol. The molecular weight excluding hydrogens is 260 g/mol. The Morgan fingerprint density at radius 2 is 2.44 bits per heavy atom. The third-order valence-electron chi connectivity index (χ3n) is 2.12. The molecule has 5 heteroatoms. The van der Waals surface area contributed by atoms with E-state index in [0.29, 0.717) is 4.47 Å². The topological polar surface area (TPSA) is 16.1 Å². The Labute approximate surface area is 111 Å². The van der Waals surface area contributed by atoms with Crippen molar-refractivity contribution in [1.29, 1.82) is 0 Å². The third-order valence-corrected chi connectivity index (χ3v) is 3.81. The lowest BCUT2D eigenvalue weighted by Crippen LogP contribution is -2.25. The summed E-state index contributed by atoms with van der Waals surface area (Å²) in [6, 6.07) is 0. The Morgan fingerprint density at radius 1 is 1.62 bits per heavy atom. The van der Waals surface area contributed by atoms with E-state index < -0.39 is 0 Å². The molecule has 1 rings (SSSR count). The van der Waals surface area contributed by atoms with Gasteiger partial charge in [-0.15, -0.1) is 11.3 Å². The highest BCUT2D eigenvalue weighted by Gasteiger charge is 2.06. The first-order valence-electron chi connectivity index (χ1n) is 5.19. The van der Waals surface area contributed by atoms with Gasteiger partial charge in [-0.05, 0) is 13.2 Å². The molecular formula is C11H17ClN2S2. The number of hydrogen-bond acceptors (Lipinski definition) is 4. The van der Waals surface area contributed by atoms with Crippen molar-refractivity contribution in [3.05, 3.63) is 27.7 Å². The van der Waals surface area contributed by atoms with E-state index in [4.69, 9.17) is 11.6 Å². The standard InChI is InChI=1S/C11H17ClN2S2/c1-3-4-5-14(6-7-15-2)9-10-8-13-11(12)16-10/h3-4,8H,5-7,9H2,1-2H3/b4-3-. The minimum absolute atomic E-state index is 0.630. The van der Waals surface area contributed by atoms with Crippen LogP contribution in [-0.4, -0.2) is 35.0 Å². The summed E-state index contributed by atoms with van der Waals surface area (Å²) in [7, 11) is 0. The number of rotatable bonds is 7. The van der Waals surface area contributed by atoms with Crippen LogP contribution in [0.5, 0.6) is 0 Å². The fourth-order valence-corrected chi connectivity index (χ4v) is 2.75. The highest BCUT2D eigenvalue weighted by atomic mass is 35.5. The van der Waals surface area contributed by atoms with Crippen molar-refractivity contribution in [1.82, 2.24) is 9.88 Å². The lowest BCUT2D eigenvalue weighted by atomic mass is 10.4. The minimum Gasteiger partial charge on any atom is -0.294 e. The first-order valence-corrected chi connectivity index (χ1v) is 7.77. The number of nitrogens with zero attached hydrogens (tertiary/aromatic N) is 2. The maximum absolute atomic E-state index is 5.82.